The molecule has 2 aromatic carbocycles. The van der Waals surface area contributed by atoms with Gasteiger partial charge in [0.1, 0.15) is 11.9 Å². The molecule has 4 rings (SSSR count). The molecule has 1 aliphatic rings. The zero-order valence-corrected chi connectivity index (χ0v) is 21.2. The number of anilines is 1. The Kier molecular flexibility index (Phi) is 9.04. The molecule has 212 valence electrons. The van der Waals surface area contributed by atoms with E-state index in [9.17, 15) is 27.6 Å². The summed E-state index contributed by atoms with van der Waals surface area (Å²) in [6, 6.07) is 7.65. The van der Waals surface area contributed by atoms with Crippen molar-refractivity contribution < 1.29 is 37.0 Å². The lowest BCUT2D eigenvalue weighted by molar-refractivity contribution is -0.141. The average molecular weight is 562 g/mol. The van der Waals surface area contributed by atoms with Crippen LogP contribution in [0.3, 0.4) is 0 Å². The number of nitrogens with one attached hydrogen (secondary N) is 5. The molecule has 3 aromatic rings. The van der Waals surface area contributed by atoms with Crippen LogP contribution in [0.15, 0.2) is 47.6 Å². The number of aliphatic imine (C=N–C) groups is 1. The van der Waals surface area contributed by atoms with E-state index in [1.165, 1.54) is 31.4 Å². The molecule has 0 aliphatic carbocycles. The monoisotopic (exact) mass is 561 g/mol. The second-order valence-corrected chi connectivity index (χ2v) is 8.68. The van der Waals surface area contributed by atoms with Crippen LogP contribution >= 0.6 is 0 Å². The predicted octanol–water partition coefficient (Wildman–Crippen LogP) is 2.02. The highest BCUT2D eigenvalue weighted by atomic mass is 19.3. The van der Waals surface area contributed by atoms with E-state index in [0.29, 0.717) is 28.1 Å². The smallest absolute Gasteiger partial charge is 0.387 e. The van der Waals surface area contributed by atoms with Gasteiger partial charge in [-0.15, -0.1) is 0 Å². The van der Waals surface area contributed by atoms with Crippen LogP contribution < -0.4 is 26.0 Å². The van der Waals surface area contributed by atoms with Crippen LogP contribution in [0, 0.1) is 0 Å². The lowest BCUT2D eigenvalue weighted by atomic mass is 10.0. The number of amides is 2. The number of hydrogen-bond donors (Lipinski definition) is 5. The quantitative estimate of drug-likeness (QED) is 0.235. The van der Waals surface area contributed by atoms with Gasteiger partial charge in [0.05, 0.1) is 56.6 Å². The van der Waals surface area contributed by atoms with E-state index in [-0.39, 0.29) is 30.8 Å². The third-order valence-electron chi connectivity index (χ3n) is 5.86. The molecule has 0 saturated carbocycles. The van der Waals surface area contributed by atoms with E-state index in [0.717, 1.165) is 0 Å². The van der Waals surface area contributed by atoms with Crippen LogP contribution in [0.25, 0.3) is 10.9 Å². The second kappa shape index (κ2) is 12.8. The molecule has 0 bridgehead atoms. The van der Waals surface area contributed by atoms with Gasteiger partial charge in [0, 0.05) is 10.9 Å². The molecule has 0 radical (unpaired) electrons. The minimum atomic E-state index is -3.00. The first-order valence-electron chi connectivity index (χ1n) is 12.1. The van der Waals surface area contributed by atoms with Crippen molar-refractivity contribution in [2.45, 2.75) is 25.2 Å². The molecule has 1 aromatic heterocycles. The number of aromatic amines is 1. The number of carbonyl (C=O) groups excluding carboxylic acids is 3. The Bertz CT molecular complexity index is 1400. The first-order chi connectivity index (χ1) is 19.2. The molecule has 0 fully saturated rings. The number of ether oxygens (including phenoxy) is 2. The highest BCUT2D eigenvalue weighted by molar-refractivity contribution is 6.07. The maximum Gasteiger partial charge on any atom is 0.387 e. The number of aromatic nitrogens is 2. The summed E-state index contributed by atoms with van der Waals surface area (Å²) in [6.45, 7) is -3.33. The Labute approximate surface area is 225 Å². The van der Waals surface area contributed by atoms with Crippen molar-refractivity contribution in [3.05, 3.63) is 53.7 Å². The van der Waals surface area contributed by atoms with Gasteiger partial charge in [-0.25, -0.2) is 9.38 Å². The zero-order chi connectivity index (χ0) is 28.6. The number of esters is 1. The molecule has 1 unspecified atom stereocenters. The largest absolute Gasteiger partial charge is 0.469 e. The minimum Gasteiger partial charge on any atom is -0.469 e. The summed E-state index contributed by atoms with van der Waals surface area (Å²) in [5.74, 6) is -1.55. The third-order valence-corrected chi connectivity index (χ3v) is 5.86. The van der Waals surface area contributed by atoms with Crippen molar-refractivity contribution in [1.82, 2.24) is 26.1 Å². The number of halogens is 3. The van der Waals surface area contributed by atoms with Crippen LogP contribution in [-0.2, 0) is 14.3 Å². The molecule has 5 N–H and O–H groups in total. The van der Waals surface area contributed by atoms with Gasteiger partial charge >= 0.3 is 12.6 Å². The van der Waals surface area contributed by atoms with Gasteiger partial charge in [-0.1, -0.05) is 12.1 Å². The number of H-pyrrole nitrogens is 1. The van der Waals surface area contributed by atoms with Gasteiger partial charge in [0.2, 0.25) is 5.91 Å². The summed E-state index contributed by atoms with van der Waals surface area (Å²) in [4.78, 5) is 41.6. The summed E-state index contributed by atoms with van der Waals surface area (Å²) in [6.07, 6.45) is 0.230. The van der Waals surface area contributed by atoms with Crippen LogP contribution in [0.1, 0.15) is 28.4 Å². The fourth-order valence-electron chi connectivity index (χ4n) is 3.91. The normalized spacial score (nSPS) is 15.5. The maximum atomic E-state index is 13.4. The van der Waals surface area contributed by atoms with Crippen molar-refractivity contribution in [2.24, 2.45) is 4.99 Å². The summed E-state index contributed by atoms with van der Waals surface area (Å²) < 4.78 is 47.3. The topological polar surface area (TPSA) is 159 Å². The average Bonchev–Trinajstić information content (AvgIpc) is 3.42. The molecular weight excluding hydrogens is 535 g/mol. The standard InChI is InChI=1S/C25H26F3N7O5/c1-39-22(37)8-18(13-2-4-16(5-3-13)40-24(27)28)33-21(36)12-29-23(38)14-6-19(17-11-32-35-20(17)7-14)34-25-30-9-15(26)10-31-25/h2-7,11,15,18,24H,8-10,12H2,1H3,(H,29,38)(H,32,35)(H,33,36)(H2,30,31,34)/t18-/m0/s1. The Balaban J connectivity index is 1.42. The molecule has 12 nitrogen and oxygen atoms in total. The number of alkyl halides is 3. The van der Waals surface area contributed by atoms with Gasteiger partial charge in [0.25, 0.3) is 5.91 Å². The summed E-state index contributed by atoms with van der Waals surface area (Å²) in [7, 11) is 1.19. The number of guanidine groups is 1. The fourth-order valence-corrected chi connectivity index (χ4v) is 3.91. The van der Waals surface area contributed by atoms with Crippen molar-refractivity contribution in [3.63, 3.8) is 0 Å². The number of benzene rings is 2. The lowest BCUT2D eigenvalue weighted by Crippen LogP contribution is -2.41. The van der Waals surface area contributed by atoms with E-state index >= 15 is 0 Å². The molecule has 0 saturated heterocycles. The predicted molar refractivity (Wildman–Crippen MR) is 138 cm³/mol. The van der Waals surface area contributed by atoms with Gasteiger partial charge in [-0.3, -0.25) is 19.5 Å². The van der Waals surface area contributed by atoms with Gasteiger partial charge in [-0.2, -0.15) is 13.9 Å². The number of carbonyl (C=O) groups is 3. The molecule has 15 heteroatoms. The number of methoxy groups -OCH3 is 1. The first-order valence-corrected chi connectivity index (χ1v) is 12.1. The Morgan fingerprint density at radius 2 is 1.95 bits per heavy atom. The van der Waals surface area contributed by atoms with Crippen molar-refractivity contribution >= 4 is 40.3 Å². The van der Waals surface area contributed by atoms with E-state index < -0.39 is 43.2 Å². The Morgan fingerprint density at radius 1 is 1.18 bits per heavy atom. The number of rotatable bonds is 10. The van der Waals surface area contributed by atoms with Crippen LogP contribution in [0.4, 0.5) is 18.9 Å². The SMILES string of the molecule is COC(=O)C[C@H](NC(=O)CNC(=O)c1cc(NC2=NCC(F)CN2)c2cn[nH]c2c1)c1ccc(OC(F)F)cc1. The number of fused-ring (bicyclic) bond motifs is 1. The van der Waals surface area contributed by atoms with E-state index in [1.54, 1.807) is 18.3 Å². The molecule has 0 spiro atoms. The third kappa shape index (κ3) is 7.39. The lowest BCUT2D eigenvalue weighted by Gasteiger charge is -2.20. The zero-order valence-electron chi connectivity index (χ0n) is 21.2. The summed E-state index contributed by atoms with van der Waals surface area (Å²) in [5.41, 5.74) is 1.66. The molecule has 2 atom stereocenters. The van der Waals surface area contributed by atoms with E-state index in [2.05, 4.69) is 45.9 Å². The van der Waals surface area contributed by atoms with Crippen molar-refractivity contribution in [2.75, 3.05) is 32.1 Å². The molecule has 1 aliphatic heterocycles. The molecule has 2 heterocycles. The van der Waals surface area contributed by atoms with Crippen LogP contribution in [0.5, 0.6) is 5.75 Å². The number of hydrogen-bond acceptors (Lipinski definition) is 9. The highest BCUT2D eigenvalue weighted by Gasteiger charge is 2.21. The van der Waals surface area contributed by atoms with Crippen LogP contribution in [-0.4, -0.2) is 73.5 Å². The van der Waals surface area contributed by atoms with Crippen molar-refractivity contribution in [3.8, 4) is 5.75 Å². The Morgan fingerprint density at radius 3 is 2.62 bits per heavy atom. The minimum absolute atomic E-state index is 0.00372. The van der Waals surface area contributed by atoms with Gasteiger partial charge in [0.15, 0.2) is 5.96 Å². The van der Waals surface area contributed by atoms with E-state index in [1.807, 2.05) is 0 Å². The maximum absolute atomic E-state index is 13.4. The Hall–Kier alpha value is -4.82. The second-order valence-electron chi connectivity index (χ2n) is 8.68. The molecule has 40 heavy (non-hydrogen) atoms. The molecule has 2 amide bonds. The summed E-state index contributed by atoms with van der Waals surface area (Å²) in [5, 5.41) is 18.5. The van der Waals surface area contributed by atoms with Gasteiger partial charge < -0.3 is 30.7 Å². The first kappa shape index (κ1) is 28.2. The highest BCUT2D eigenvalue weighted by Crippen LogP contribution is 2.25. The van der Waals surface area contributed by atoms with Crippen LogP contribution in [0.2, 0.25) is 0 Å². The number of nitrogens with zero attached hydrogens (tertiary/aromatic N) is 2. The van der Waals surface area contributed by atoms with Gasteiger partial charge in [-0.05, 0) is 29.8 Å². The van der Waals surface area contributed by atoms with E-state index in [4.69, 9.17) is 0 Å². The fraction of sp³-hybridized carbons (Fsp3) is 0.320. The van der Waals surface area contributed by atoms with Crippen molar-refractivity contribution in [1.29, 1.82) is 0 Å². The summed E-state index contributed by atoms with van der Waals surface area (Å²) >= 11 is 0. The molecular formula is C25H26F3N7O5.